The minimum atomic E-state index is -1.22. The van der Waals surface area contributed by atoms with Gasteiger partial charge in [0.25, 0.3) is 0 Å². The highest BCUT2D eigenvalue weighted by Gasteiger charge is 2.14. The van der Waals surface area contributed by atoms with Crippen molar-refractivity contribution in [1.82, 2.24) is 4.98 Å². The first-order chi connectivity index (χ1) is 9.45. The number of amides is 1. The fourth-order valence-corrected chi connectivity index (χ4v) is 2.28. The van der Waals surface area contributed by atoms with Crippen LogP contribution in [0.2, 0.25) is 0 Å². The van der Waals surface area contributed by atoms with Gasteiger partial charge in [-0.05, 0) is 25.1 Å². The summed E-state index contributed by atoms with van der Waals surface area (Å²) in [5, 5.41) is 23.5. The number of anilines is 1. The molecule has 1 amide bonds. The zero-order valence-corrected chi connectivity index (χ0v) is 11.4. The predicted molar refractivity (Wildman–Crippen MR) is 74.3 cm³/mol. The summed E-state index contributed by atoms with van der Waals surface area (Å²) in [5.41, 5.74) is 0.626. The number of nitrogens with zero attached hydrogens (tertiary/aromatic N) is 1. The van der Waals surface area contributed by atoms with E-state index < -0.39 is 5.97 Å². The molecule has 0 radical (unpaired) electrons. The number of phenols is 1. The number of carboxylic acids is 1. The Morgan fingerprint density at radius 1 is 1.40 bits per heavy atom. The molecule has 1 heterocycles. The number of aryl methyl sites for hydroxylation is 1. The predicted octanol–water partition coefficient (Wildman–Crippen LogP) is 2.04. The first kappa shape index (κ1) is 14.0. The summed E-state index contributed by atoms with van der Waals surface area (Å²) in [6.07, 6.45) is 0.0737. The van der Waals surface area contributed by atoms with Gasteiger partial charge in [0, 0.05) is 5.38 Å². The minimum Gasteiger partial charge on any atom is -0.508 e. The zero-order chi connectivity index (χ0) is 14.7. The molecule has 2 rings (SSSR count). The van der Waals surface area contributed by atoms with Crippen molar-refractivity contribution in [2.75, 3.05) is 5.32 Å². The van der Waals surface area contributed by atoms with Crippen molar-refractivity contribution < 1.29 is 19.8 Å². The first-order valence-electron chi connectivity index (χ1n) is 5.73. The number of hydrogen-bond acceptors (Lipinski definition) is 5. The van der Waals surface area contributed by atoms with Crippen LogP contribution in [0.5, 0.6) is 5.75 Å². The van der Waals surface area contributed by atoms with Crippen molar-refractivity contribution in [1.29, 1.82) is 0 Å². The molecule has 3 N–H and O–H groups in total. The Morgan fingerprint density at radius 2 is 2.15 bits per heavy atom. The summed E-state index contributed by atoms with van der Waals surface area (Å²) >= 11 is 1.44. The molecule has 0 aliphatic rings. The van der Waals surface area contributed by atoms with E-state index in [0.29, 0.717) is 5.69 Å². The molecular weight excluding hydrogens is 280 g/mol. The van der Waals surface area contributed by atoms with Gasteiger partial charge in [0.05, 0.1) is 28.4 Å². The number of aromatic nitrogens is 1. The number of aromatic hydroxyl groups is 1. The molecule has 20 heavy (non-hydrogen) atoms. The smallest absolute Gasteiger partial charge is 0.337 e. The SMILES string of the molecule is Cc1nc(CC(=O)Nc2ccc(O)cc2C(=O)O)cs1. The molecule has 0 aliphatic heterocycles. The molecule has 6 nitrogen and oxygen atoms in total. The van der Waals surface area contributed by atoms with Gasteiger partial charge in [0.1, 0.15) is 5.75 Å². The van der Waals surface area contributed by atoms with E-state index in [2.05, 4.69) is 10.3 Å². The molecule has 0 spiro atoms. The number of benzene rings is 1. The van der Waals surface area contributed by atoms with E-state index in [4.69, 9.17) is 5.11 Å². The van der Waals surface area contributed by atoms with E-state index in [1.165, 1.54) is 23.5 Å². The molecule has 0 fully saturated rings. The fraction of sp³-hybridized carbons (Fsp3) is 0.154. The van der Waals surface area contributed by atoms with Gasteiger partial charge < -0.3 is 15.5 Å². The van der Waals surface area contributed by atoms with Crippen molar-refractivity contribution in [3.05, 3.63) is 39.8 Å². The Balaban J connectivity index is 2.13. The summed E-state index contributed by atoms with van der Waals surface area (Å²) < 4.78 is 0. The Morgan fingerprint density at radius 3 is 2.75 bits per heavy atom. The van der Waals surface area contributed by atoms with E-state index in [1.54, 1.807) is 5.38 Å². The third kappa shape index (κ3) is 3.33. The highest BCUT2D eigenvalue weighted by molar-refractivity contribution is 7.09. The van der Waals surface area contributed by atoms with Crippen LogP contribution in [-0.4, -0.2) is 27.1 Å². The van der Waals surface area contributed by atoms with Gasteiger partial charge in [-0.15, -0.1) is 11.3 Å². The van der Waals surface area contributed by atoms with Gasteiger partial charge in [-0.1, -0.05) is 0 Å². The molecule has 0 atom stereocenters. The van der Waals surface area contributed by atoms with Crippen LogP contribution >= 0.6 is 11.3 Å². The Hall–Kier alpha value is -2.41. The second-order valence-electron chi connectivity index (χ2n) is 4.12. The highest BCUT2D eigenvalue weighted by atomic mass is 32.1. The van der Waals surface area contributed by atoms with E-state index in [9.17, 15) is 14.7 Å². The minimum absolute atomic E-state index is 0.0737. The quantitative estimate of drug-likeness (QED) is 0.749. The maximum absolute atomic E-state index is 11.8. The molecule has 1 aromatic heterocycles. The van der Waals surface area contributed by atoms with Crippen LogP contribution in [0.15, 0.2) is 23.6 Å². The average molecular weight is 292 g/mol. The molecule has 2 aromatic rings. The highest BCUT2D eigenvalue weighted by Crippen LogP contribution is 2.21. The van der Waals surface area contributed by atoms with E-state index in [-0.39, 0.29) is 29.3 Å². The number of aromatic carboxylic acids is 1. The zero-order valence-electron chi connectivity index (χ0n) is 10.6. The Bertz CT molecular complexity index is 666. The lowest BCUT2D eigenvalue weighted by molar-refractivity contribution is -0.115. The number of rotatable bonds is 4. The Labute approximate surface area is 118 Å². The summed E-state index contributed by atoms with van der Waals surface area (Å²) in [6.45, 7) is 1.84. The number of hydrogen-bond donors (Lipinski definition) is 3. The second kappa shape index (κ2) is 5.70. The number of thiazole rings is 1. The second-order valence-corrected chi connectivity index (χ2v) is 5.18. The van der Waals surface area contributed by atoms with Crippen LogP contribution in [0.25, 0.3) is 0 Å². The maximum Gasteiger partial charge on any atom is 0.337 e. The average Bonchev–Trinajstić information content (AvgIpc) is 2.76. The molecule has 0 saturated heterocycles. The summed E-state index contributed by atoms with van der Waals surface area (Å²) in [5.74, 6) is -1.75. The van der Waals surface area contributed by atoms with Gasteiger partial charge in [-0.2, -0.15) is 0 Å². The van der Waals surface area contributed by atoms with Crippen molar-refractivity contribution in [2.24, 2.45) is 0 Å². The van der Waals surface area contributed by atoms with Gasteiger partial charge in [-0.25, -0.2) is 9.78 Å². The summed E-state index contributed by atoms with van der Waals surface area (Å²) in [6, 6.07) is 3.75. The molecule has 0 saturated carbocycles. The van der Waals surface area contributed by atoms with E-state index >= 15 is 0 Å². The normalized spacial score (nSPS) is 10.2. The lowest BCUT2D eigenvalue weighted by Crippen LogP contribution is -2.17. The van der Waals surface area contributed by atoms with Gasteiger partial charge in [0.2, 0.25) is 5.91 Å². The molecule has 0 aliphatic carbocycles. The van der Waals surface area contributed by atoms with E-state index in [0.717, 1.165) is 11.1 Å². The van der Waals surface area contributed by atoms with Crippen molar-refractivity contribution in [2.45, 2.75) is 13.3 Å². The third-order valence-corrected chi connectivity index (χ3v) is 3.34. The van der Waals surface area contributed by atoms with Crippen LogP contribution in [-0.2, 0) is 11.2 Å². The number of phenolic OH excluding ortho intramolecular Hbond substituents is 1. The fourth-order valence-electron chi connectivity index (χ4n) is 1.67. The number of nitrogens with one attached hydrogen (secondary N) is 1. The van der Waals surface area contributed by atoms with Crippen molar-refractivity contribution in [3.8, 4) is 5.75 Å². The van der Waals surface area contributed by atoms with Crippen molar-refractivity contribution >= 4 is 28.9 Å². The largest absolute Gasteiger partial charge is 0.508 e. The monoisotopic (exact) mass is 292 g/mol. The third-order valence-electron chi connectivity index (χ3n) is 2.52. The van der Waals surface area contributed by atoms with Crippen LogP contribution in [0.1, 0.15) is 21.1 Å². The topological polar surface area (TPSA) is 99.5 Å². The van der Waals surface area contributed by atoms with Crippen molar-refractivity contribution in [3.63, 3.8) is 0 Å². The van der Waals surface area contributed by atoms with Crippen LogP contribution in [0.4, 0.5) is 5.69 Å². The molecular formula is C13H12N2O4S. The lowest BCUT2D eigenvalue weighted by atomic mass is 10.1. The maximum atomic E-state index is 11.8. The van der Waals surface area contributed by atoms with Gasteiger partial charge in [0.15, 0.2) is 0 Å². The molecule has 0 unspecified atom stereocenters. The standard InChI is InChI=1S/C13H12N2O4S/c1-7-14-8(6-20-7)4-12(17)15-11-3-2-9(16)5-10(11)13(18)19/h2-3,5-6,16H,4H2,1H3,(H,15,17)(H,18,19). The molecule has 7 heteroatoms. The number of carbonyl (C=O) groups excluding carboxylic acids is 1. The van der Waals surface area contributed by atoms with Crippen LogP contribution in [0.3, 0.4) is 0 Å². The van der Waals surface area contributed by atoms with E-state index in [1.807, 2.05) is 6.92 Å². The lowest BCUT2D eigenvalue weighted by Gasteiger charge is -2.08. The van der Waals surface area contributed by atoms with Crippen LogP contribution in [0, 0.1) is 6.92 Å². The van der Waals surface area contributed by atoms with Gasteiger partial charge >= 0.3 is 5.97 Å². The number of carboxylic acid groups (broad SMARTS) is 1. The number of carbonyl (C=O) groups is 2. The molecule has 1 aromatic carbocycles. The van der Waals surface area contributed by atoms with Gasteiger partial charge in [-0.3, -0.25) is 4.79 Å². The first-order valence-corrected chi connectivity index (χ1v) is 6.61. The van der Waals surface area contributed by atoms with Crippen LogP contribution < -0.4 is 5.32 Å². The molecule has 104 valence electrons. The molecule has 0 bridgehead atoms. The summed E-state index contributed by atoms with van der Waals surface area (Å²) in [7, 11) is 0. The Kier molecular flexibility index (Phi) is 3.99. The summed E-state index contributed by atoms with van der Waals surface area (Å²) in [4.78, 5) is 27.1.